The number of benzene rings is 1. The predicted molar refractivity (Wildman–Crippen MR) is 143 cm³/mol. The van der Waals surface area contributed by atoms with Gasteiger partial charge in [-0.15, -0.1) is 0 Å². The maximum Gasteiger partial charge on any atom is 0.408 e. The fourth-order valence-electron chi connectivity index (χ4n) is 6.04. The summed E-state index contributed by atoms with van der Waals surface area (Å²) in [6.45, 7) is 7.68. The third-order valence-electron chi connectivity index (χ3n) is 8.04. The number of hydrogen-bond donors (Lipinski definition) is 1. The first-order valence-corrected chi connectivity index (χ1v) is 14.0. The molecule has 3 heterocycles. The van der Waals surface area contributed by atoms with E-state index in [-0.39, 0.29) is 17.0 Å². The molecule has 37 heavy (non-hydrogen) atoms. The van der Waals surface area contributed by atoms with E-state index in [0.29, 0.717) is 5.65 Å². The molecule has 1 N–H and O–H groups in total. The van der Waals surface area contributed by atoms with Crippen LogP contribution in [0.25, 0.3) is 16.7 Å². The zero-order chi connectivity index (χ0) is 26.0. The van der Waals surface area contributed by atoms with Gasteiger partial charge in [0.05, 0.1) is 28.3 Å². The van der Waals surface area contributed by atoms with Gasteiger partial charge in [0.15, 0.2) is 16.6 Å². The van der Waals surface area contributed by atoms with Crippen molar-refractivity contribution in [2.75, 3.05) is 0 Å². The maximum absolute atomic E-state index is 13.4. The number of hydrogen-bond acceptors (Lipinski definition) is 5. The molecular weight excluding hydrogens is 486 g/mol. The fourth-order valence-corrected chi connectivity index (χ4v) is 7.10. The van der Waals surface area contributed by atoms with Crippen molar-refractivity contribution in [1.82, 2.24) is 23.7 Å². The molecule has 3 aliphatic carbocycles. The molecule has 0 spiro atoms. The Kier molecular flexibility index (Phi) is 5.49. The lowest BCUT2D eigenvalue weighted by Gasteiger charge is -2.52. The molecule has 2 bridgehead atoms. The average Bonchev–Trinajstić information content (AvgIpc) is 3.48. The summed E-state index contributed by atoms with van der Waals surface area (Å²) in [6, 6.07) is 9.74. The van der Waals surface area contributed by atoms with E-state index in [4.69, 9.17) is 9.72 Å². The average molecular weight is 520 g/mol. The van der Waals surface area contributed by atoms with Gasteiger partial charge in [0.2, 0.25) is 0 Å². The number of rotatable bonds is 4. The number of nitrogens with one attached hydrogen (secondary N) is 1. The van der Waals surface area contributed by atoms with E-state index in [1.807, 2.05) is 76.6 Å². The van der Waals surface area contributed by atoms with Crippen LogP contribution in [0.2, 0.25) is 0 Å². The summed E-state index contributed by atoms with van der Waals surface area (Å²) in [4.78, 5) is 22.9. The summed E-state index contributed by atoms with van der Waals surface area (Å²) >= 11 is 0. The van der Waals surface area contributed by atoms with E-state index in [0.717, 1.165) is 65.8 Å². The minimum atomic E-state index is -1.40. The van der Waals surface area contributed by atoms with Crippen LogP contribution < -0.4 is 5.32 Å². The van der Waals surface area contributed by atoms with Gasteiger partial charge >= 0.3 is 6.09 Å². The van der Waals surface area contributed by atoms with Crippen LogP contribution >= 0.6 is 0 Å². The van der Waals surface area contributed by atoms with Crippen LogP contribution in [0.5, 0.6) is 0 Å². The first-order valence-electron chi connectivity index (χ1n) is 12.9. The lowest BCUT2D eigenvalue weighted by atomic mass is 9.57. The highest BCUT2D eigenvalue weighted by Crippen LogP contribution is 2.53. The molecule has 0 radical (unpaired) electrons. The molecule has 8 nitrogen and oxygen atoms in total. The van der Waals surface area contributed by atoms with Gasteiger partial charge < -0.3 is 10.1 Å². The number of aromatic nitrogens is 4. The van der Waals surface area contributed by atoms with Gasteiger partial charge in [0.1, 0.15) is 11.4 Å². The quantitative estimate of drug-likeness (QED) is 0.388. The highest BCUT2D eigenvalue weighted by molar-refractivity contribution is 7.83. The molecule has 9 heteroatoms. The zero-order valence-corrected chi connectivity index (χ0v) is 22.6. The number of carbonyl (C=O) groups is 1. The molecule has 1 amide bonds. The van der Waals surface area contributed by atoms with E-state index in [1.54, 1.807) is 3.97 Å². The van der Waals surface area contributed by atoms with Crippen molar-refractivity contribution in [2.24, 2.45) is 0 Å². The molecule has 3 aromatic heterocycles. The third kappa shape index (κ3) is 4.13. The van der Waals surface area contributed by atoms with E-state index >= 15 is 0 Å². The minimum Gasteiger partial charge on any atom is -0.444 e. The van der Waals surface area contributed by atoms with Crippen molar-refractivity contribution in [3.63, 3.8) is 0 Å². The Bertz CT molecular complexity index is 1500. The Hall–Kier alpha value is -3.20. The Morgan fingerprint density at radius 2 is 1.65 bits per heavy atom. The van der Waals surface area contributed by atoms with Gasteiger partial charge in [-0.2, -0.15) is 0 Å². The standard InChI is InChI=1S/C28H33N5O3S/c1-19-5-7-21(8-6-19)37(35)32-16-9-22-23(32)29-17-20-18-30-24(33(20)22)27-10-13-28(14-11-27,15-12-27)31-25(34)36-26(2,3)4/h5-9,16-18H,10-15H2,1-4H3,(H,31,34). The maximum atomic E-state index is 13.4. The molecule has 0 aliphatic heterocycles. The summed E-state index contributed by atoms with van der Waals surface area (Å²) in [7, 11) is -1.40. The second-order valence-corrected chi connectivity index (χ2v) is 13.1. The first-order chi connectivity index (χ1) is 17.6. The number of alkyl carbamates (subject to hydrolysis) is 1. The van der Waals surface area contributed by atoms with Crippen molar-refractivity contribution in [3.8, 4) is 0 Å². The van der Waals surface area contributed by atoms with Crippen molar-refractivity contribution in [1.29, 1.82) is 0 Å². The van der Waals surface area contributed by atoms with Gasteiger partial charge in [-0.05, 0) is 84.4 Å². The van der Waals surface area contributed by atoms with Crippen molar-refractivity contribution < 1.29 is 13.7 Å². The molecule has 7 rings (SSSR count). The van der Waals surface area contributed by atoms with Crippen LogP contribution in [0, 0.1) is 6.92 Å². The van der Waals surface area contributed by atoms with Crippen LogP contribution in [-0.2, 0) is 21.1 Å². The molecule has 3 saturated carbocycles. The minimum absolute atomic E-state index is 0.0593. The summed E-state index contributed by atoms with van der Waals surface area (Å²) in [5, 5.41) is 3.21. The molecule has 194 valence electrons. The molecule has 4 aromatic rings. The number of ether oxygens (including phenoxy) is 1. The highest BCUT2D eigenvalue weighted by atomic mass is 32.2. The van der Waals surface area contributed by atoms with Gasteiger partial charge in [0.25, 0.3) is 0 Å². The van der Waals surface area contributed by atoms with Gasteiger partial charge in [0, 0.05) is 17.2 Å². The molecular formula is C28H33N5O3S. The smallest absolute Gasteiger partial charge is 0.408 e. The lowest BCUT2D eigenvalue weighted by Crippen LogP contribution is -2.58. The van der Waals surface area contributed by atoms with E-state index in [9.17, 15) is 9.00 Å². The second kappa shape index (κ2) is 8.41. The SMILES string of the molecule is Cc1ccc(S(=O)n2ccc3c2ncc2cnc(C45CCC(NC(=O)OC(C)(C)C)(CC4)CC5)n23)cc1. The number of imidazole rings is 1. The van der Waals surface area contributed by atoms with Gasteiger partial charge in [-0.3, -0.25) is 4.40 Å². The largest absolute Gasteiger partial charge is 0.444 e. The predicted octanol–water partition coefficient (Wildman–Crippen LogP) is 5.43. The second-order valence-electron chi connectivity index (χ2n) is 11.7. The number of carbonyl (C=O) groups excluding carboxylic acids is 1. The zero-order valence-electron chi connectivity index (χ0n) is 21.8. The Balaban J connectivity index is 1.31. The fraction of sp³-hybridized carbons (Fsp3) is 0.464. The van der Waals surface area contributed by atoms with Gasteiger partial charge in [-0.25, -0.2) is 22.9 Å². The summed E-state index contributed by atoms with van der Waals surface area (Å²) in [5.74, 6) is 1.04. The van der Waals surface area contributed by atoms with Crippen LogP contribution in [-0.4, -0.2) is 39.8 Å². The van der Waals surface area contributed by atoms with E-state index in [2.05, 4.69) is 14.7 Å². The molecule has 0 saturated heterocycles. The monoisotopic (exact) mass is 519 g/mol. The third-order valence-corrected chi connectivity index (χ3v) is 9.37. The number of fused-ring (bicyclic) bond motifs is 6. The van der Waals surface area contributed by atoms with E-state index in [1.165, 1.54) is 0 Å². The number of nitrogens with zero attached hydrogens (tertiary/aromatic N) is 4. The van der Waals surface area contributed by atoms with Crippen molar-refractivity contribution in [2.45, 2.75) is 87.7 Å². The van der Waals surface area contributed by atoms with Crippen LogP contribution in [0.4, 0.5) is 4.79 Å². The van der Waals surface area contributed by atoms with Crippen molar-refractivity contribution in [3.05, 3.63) is 60.3 Å². The first kappa shape index (κ1) is 24.2. The molecule has 1 atom stereocenters. The summed E-state index contributed by atoms with van der Waals surface area (Å²) in [5.41, 5.74) is 2.87. The summed E-state index contributed by atoms with van der Waals surface area (Å²) in [6.07, 6.45) is 10.8. The van der Waals surface area contributed by atoms with Crippen molar-refractivity contribution >= 4 is 33.8 Å². The number of amides is 1. The number of aryl methyl sites for hydroxylation is 1. The summed E-state index contributed by atoms with van der Waals surface area (Å²) < 4.78 is 22.9. The normalized spacial score (nSPS) is 24.4. The Morgan fingerprint density at radius 3 is 2.30 bits per heavy atom. The molecule has 1 unspecified atom stereocenters. The van der Waals surface area contributed by atoms with Gasteiger partial charge in [-0.1, -0.05) is 17.7 Å². The van der Waals surface area contributed by atoms with E-state index < -0.39 is 16.6 Å². The molecule has 3 fully saturated rings. The molecule has 1 aromatic carbocycles. The highest BCUT2D eigenvalue weighted by Gasteiger charge is 2.52. The van der Waals surface area contributed by atoms with Crippen LogP contribution in [0.3, 0.4) is 0 Å². The molecule has 3 aliphatic rings. The lowest BCUT2D eigenvalue weighted by molar-refractivity contribution is 0.0247. The Morgan fingerprint density at radius 1 is 1.00 bits per heavy atom. The topological polar surface area (TPSA) is 90.5 Å². The van der Waals surface area contributed by atoms with Crippen LogP contribution in [0.1, 0.15) is 70.7 Å². The Labute approximate surface area is 219 Å². The van der Waals surface area contributed by atoms with Crippen LogP contribution in [0.15, 0.2) is 53.8 Å².